The topological polar surface area (TPSA) is 146 Å². The summed E-state index contributed by atoms with van der Waals surface area (Å²) in [6.45, 7) is 0. The average molecular weight is 1240 g/mol. The standard InChI is InChI=1S/C56H14F20N8O4/c57-25-29(61)37(69)45(38(70)30(25)62)85-13-1-5-17-21(9-13)53-77-49(17)81-54-22-10-14(86-46-39(71)31(63)26(58)32(64)40(46)72)2-6-18(22)51(78-54)83-56-24-12-16(88-48-43(75)35(67)28(60)36(68)44(48)76)4-8-20(24)52(80-56)84-55-23-11-15(3-7-19(23)50(79-55)82-53)87-47-41(73)33(65)27(59)34(66)42(47)74/h1-12H,(H2,77,78,79,80,81,82,83,84). The highest BCUT2D eigenvalue weighted by molar-refractivity contribution is 6.07. The predicted octanol–water partition coefficient (Wildman–Crippen LogP) is 16.8. The van der Waals surface area contributed by atoms with Crippen molar-refractivity contribution in [2.24, 2.45) is 0 Å². The van der Waals surface area contributed by atoms with Crippen LogP contribution in [0.25, 0.3) is 89.7 Å². The number of aromatic amines is 2. The minimum absolute atomic E-state index is 0.0866. The van der Waals surface area contributed by atoms with Crippen LogP contribution in [0, 0.1) is 116 Å². The van der Waals surface area contributed by atoms with E-state index in [0.717, 1.165) is 72.8 Å². The molecule has 0 fully saturated rings. The minimum Gasteiger partial charge on any atom is -0.451 e. The van der Waals surface area contributed by atoms with Crippen molar-refractivity contribution < 1.29 is 107 Å². The molecule has 0 unspecified atom stereocenters. The lowest BCUT2D eigenvalue weighted by molar-refractivity contribution is 0.332. The van der Waals surface area contributed by atoms with Crippen molar-refractivity contribution in [1.82, 2.24) is 39.9 Å². The van der Waals surface area contributed by atoms with Crippen LogP contribution in [0.2, 0.25) is 0 Å². The van der Waals surface area contributed by atoms with Crippen LogP contribution in [-0.4, -0.2) is 39.9 Å². The van der Waals surface area contributed by atoms with Gasteiger partial charge in [0, 0.05) is 43.8 Å². The average Bonchev–Trinajstić information content (AvgIpc) is 1.73. The zero-order valence-electron chi connectivity index (χ0n) is 41.8. The number of nitrogens with one attached hydrogen (secondary N) is 2. The molecular formula is C56H14F20N8O4. The lowest BCUT2D eigenvalue weighted by Gasteiger charge is -2.11. The Morgan fingerprint density at radius 3 is 0.705 bits per heavy atom. The van der Waals surface area contributed by atoms with Gasteiger partial charge in [-0.1, -0.05) is 0 Å². The van der Waals surface area contributed by atoms with E-state index in [0.29, 0.717) is 0 Å². The summed E-state index contributed by atoms with van der Waals surface area (Å²) in [6, 6.07) is 11.9. The highest BCUT2D eigenvalue weighted by Gasteiger charge is 2.33. The van der Waals surface area contributed by atoms with Crippen LogP contribution < -0.4 is 18.9 Å². The molecule has 0 spiro atoms. The first kappa shape index (κ1) is 56.1. The number of H-pyrrole nitrogens is 2. The second-order valence-electron chi connectivity index (χ2n) is 18.4. The van der Waals surface area contributed by atoms with E-state index in [1.165, 1.54) is 0 Å². The lowest BCUT2D eigenvalue weighted by Crippen LogP contribution is -2.04. The molecule has 0 amide bonds. The van der Waals surface area contributed by atoms with Gasteiger partial charge in [-0.25, -0.2) is 82.6 Å². The number of halogens is 20. The van der Waals surface area contributed by atoms with Gasteiger partial charge >= 0.3 is 0 Å². The van der Waals surface area contributed by atoms with Gasteiger partial charge in [0.2, 0.25) is 139 Å². The summed E-state index contributed by atoms with van der Waals surface area (Å²) in [5.41, 5.74) is -2.13. The Morgan fingerprint density at radius 2 is 0.432 bits per heavy atom. The Hall–Kier alpha value is -11.1. The maximum absolute atomic E-state index is 15.0. The van der Waals surface area contributed by atoms with Crippen LogP contribution in [0.3, 0.4) is 0 Å². The molecule has 8 aromatic carbocycles. The summed E-state index contributed by atoms with van der Waals surface area (Å²) >= 11 is 0. The zero-order valence-corrected chi connectivity index (χ0v) is 41.8. The first-order valence-corrected chi connectivity index (χ1v) is 24.0. The second kappa shape index (κ2) is 20.3. The van der Waals surface area contributed by atoms with Crippen LogP contribution in [-0.2, 0) is 0 Å². The molecule has 2 aliphatic rings. The van der Waals surface area contributed by atoms with Crippen molar-refractivity contribution in [3.63, 3.8) is 0 Å². The number of aromatic nitrogens is 8. The molecule has 88 heavy (non-hydrogen) atoms. The largest absolute Gasteiger partial charge is 0.451 e. The first-order valence-electron chi connectivity index (χ1n) is 24.0. The highest BCUT2D eigenvalue weighted by Crippen LogP contribution is 2.45. The van der Waals surface area contributed by atoms with Gasteiger partial charge in [0.05, 0.1) is 0 Å². The Morgan fingerprint density at radius 1 is 0.216 bits per heavy atom. The molecule has 8 bridgehead atoms. The minimum atomic E-state index is -2.52. The molecule has 0 radical (unpaired) electrons. The second-order valence-corrected chi connectivity index (χ2v) is 18.4. The summed E-state index contributed by atoms with van der Waals surface area (Å²) in [7, 11) is 0. The third kappa shape index (κ3) is 8.70. The van der Waals surface area contributed by atoms with Gasteiger partial charge in [0.15, 0.2) is 23.3 Å². The summed E-state index contributed by atoms with van der Waals surface area (Å²) in [5.74, 6) is -59.8. The fourth-order valence-electron chi connectivity index (χ4n) is 9.13. The lowest BCUT2D eigenvalue weighted by atomic mass is 10.1. The predicted molar refractivity (Wildman–Crippen MR) is 261 cm³/mol. The van der Waals surface area contributed by atoms with Gasteiger partial charge in [-0.15, -0.1) is 0 Å². The molecule has 32 heteroatoms. The number of benzene rings is 8. The molecule has 442 valence electrons. The normalized spacial score (nSPS) is 11.9. The molecule has 2 N–H and O–H groups in total. The van der Waals surface area contributed by atoms with Crippen LogP contribution >= 0.6 is 0 Å². The number of rotatable bonds is 8. The number of hydrogen-bond acceptors (Lipinski definition) is 10. The van der Waals surface area contributed by atoms with Crippen LogP contribution in [0.4, 0.5) is 87.8 Å². The Kier molecular flexibility index (Phi) is 12.9. The van der Waals surface area contributed by atoms with E-state index in [1.54, 1.807) is 0 Å². The fourth-order valence-corrected chi connectivity index (χ4v) is 9.13. The number of fused-ring (bicyclic) bond motifs is 20. The van der Waals surface area contributed by atoms with Crippen LogP contribution in [0.5, 0.6) is 46.0 Å². The summed E-state index contributed by atoms with van der Waals surface area (Å²) < 4.78 is 312. The summed E-state index contributed by atoms with van der Waals surface area (Å²) in [5, 5.41) is -0.581. The molecule has 3 aromatic heterocycles. The SMILES string of the molecule is Fc1c(F)c(F)c(Oc2ccc3c(c2)-c2nc-3nc3[nH]c(nc4nc(nc5[nH]c(n2)c2ccc(Oc6c(F)c(F)c(F)c(F)c6F)cc52)-c2ccc(Oc5c(F)c(F)c(F)c(F)c5F)cc2-4)c2ccc(Oc4c(F)c(F)c(F)c(F)c4F)cc32)c(F)c1F. The Labute approximate surface area is 470 Å². The number of hydrogen-bond donors (Lipinski definition) is 2. The van der Waals surface area contributed by atoms with Gasteiger partial charge in [0.25, 0.3) is 0 Å². The molecule has 0 atom stereocenters. The van der Waals surface area contributed by atoms with E-state index in [9.17, 15) is 87.8 Å². The van der Waals surface area contributed by atoms with Crippen molar-refractivity contribution >= 4 is 44.1 Å². The van der Waals surface area contributed by atoms with E-state index >= 15 is 0 Å². The van der Waals surface area contributed by atoms with Gasteiger partial charge in [-0.2, -0.15) is 35.1 Å². The summed E-state index contributed by atoms with van der Waals surface area (Å²) in [4.78, 5) is 33.0. The van der Waals surface area contributed by atoms with E-state index in [1.807, 2.05) is 0 Å². The smallest absolute Gasteiger partial charge is 0.207 e. The molecule has 2 aliphatic heterocycles. The van der Waals surface area contributed by atoms with E-state index < -0.39 is 186 Å². The molecule has 13 rings (SSSR count). The maximum Gasteiger partial charge on any atom is 0.207 e. The summed E-state index contributed by atoms with van der Waals surface area (Å²) in [6.07, 6.45) is 0. The van der Waals surface area contributed by atoms with Crippen molar-refractivity contribution in [1.29, 1.82) is 0 Å². The monoisotopic (exact) mass is 1240 g/mol. The first-order chi connectivity index (χ1) is 41.9. The van der Waals surface area contributed by atoms with Crippen molar-refractivity contribution in [2.75, 3.05) is 0 Å². The Bertz CT molecular complexity index is 4730. The third-order valence-electron chi connectivity index (χ3n) is 13.3. The van der Waals surface area contributed by atoms with Crippen LogP contribution in [0.1, 0.15) is 0 Å². The molecule has 5 heterocycles. The van der Waals surface area contributed by atoms with Crippen molar-refractivity contribution in [3.8, 4) is 91.5 Å². The molecule has 0 saturated carbocycles. The molecule has 11 aromatic rings. The zero-order chi connectivity index (χ0) is 62.4. The van der Waals surface area contributed by atoms with E-state index in [2.05, 4.69) is 39.9 Å². The fraction of sp³-hybridized carbons (Fsp3) is 0. The molecular weight excluding hydrogens is 1230 g/mol. The number of nitrogens with zero attached hydrogens (tertiary/aromatic N) is 6. The number of ether oxygens (including phenoxy) is 4. The van der Waals surface area contributed by atoms with E-state index in [-0.39, 0.29) is 66.4 Å². The Balaban J connectivity index is 1.09. The molecule has 0 aliphatic carbocycles. The van der Waals surface area contributed by atoms with Crippen molar-refractivity contribution in [3.05, 3.63) is 189 Å². The van der Waals surface area contributed by atoms with Crippen LogP contribution in [0.15, 0.2) is 72.8 Å². The van der Waals surface area contributed by atoms with Gasteiger partial charge in [0.1, 0.15) is 45.6 Å². The molecule has 0 saturated heterocycles. The van der Waals surface area contributed by atoms with Crippen molar-refractivity contribution in [2.45, 2.75) is 0 Å². The molecule has 12 nitrogen and oxygen atoms in total. The van der Waals surface area contributed by atoms with Gasteiger partial charge < -0.3 is 28.9 Å². The van der Waals surface area contributed by atoms with E-state index in [4.69, 9.17) is 18.9 Å². The van der Waals surface area contributed by atoms with Gasteiger partial charge in [-0.3, -0.25) is 0 Å². The third-order valence-corrected chi connectivity index (χ3v) is 13.3. The quantitative estimate of drug-likeness (QED) is 0.0856. The van der Waals surface area contributed by atoms with Gasteiger partial charge in [-0.05, 0) is 72.8 Å². The highest BCUT2D eigenvalue weighted by atomic mass is 19.2. The maximum atomic E-state index is 15.0.